The maximum absolute atomic E-state index is 13.3. The van der Waals surface area contributed by atoms with Crippen LogP contribution < -0.4 is 14.8 Å². The van der Waals surface area contributed by atoms with Crippen LogP contribution in [0.3, 0.4) is 0 Å². The maximum atomic E-state index is 13.3. The first-order valence-electron chi connectivity index (χ1n) is 9.78. The van der Waals surface area contributed by atoms with Gasteiger partial charge in [-0.15, -0.1) is 0 Å². The largest absolute Gasteiger partial charge is 0.497 e. The van der Waals surface area contributed by atoms with Crippen LogP contribution in [0.1, 0.15) is 32.0 Å². The monoisotopic (exact) mass is 449 g/mol. The Morgan fingerprint density at radius 1 is 0.938 bits per heavy atom. The summed E-state index contributed by atoms with van der Waals surface area (Å²) in [6, 6.07) is 17.0. The Bertz CT molecular complexity index is 1340. The third-order valence-corrected chi connectivity index (χ3v) is 5.50. The summed E-state index contributed by atoms with van der Waals surface area (Å²) in [5, 5.41) is 3.92. The molecule has 1 aromatic heterocycles. The number of benzene rings is 3. The highest BCUT2D eigenvalue weighted by atomic mass is 35.5. The minimum absolute atomic E-state index is 0.195. The Kier molecular flexibility index (Phi) is 5.88. The molecule has 0 bridgehead atoms. The molecule has 0 atom stereocenters. The lowest BCUT2D eigenvalue weighted by Crippen LogP contribution is -2.12. The lowest BCUT2D eigenvalue weighted by Gasteiger charge is -2.09. The summed E-state index contributed by atoms with van der Waals surface area (Å²) in [6.45, 7) is 1.80. The number of hydrogen-bond donors (Lipinski definition) is 1. The number of carbonyl (C=O) groups is 2. The number of aryl methyl sites for hydroxylation is 1. The van der Waals surface area contributed by atoms with Gasteiger partial charge in [-0.25, -0.2) is 0 Å². The Morgan fingerprint density at radius 3 is 2.44 bits per heavy atom. The quantitative estimate of drug-likeness (QED) is 0.371. The molecule has 0 fully saturated rings. The van der Waals surface area contributed by atoms with Crippen LogP contribution in [0.4, 0.5) is 5.69 Å². The first kappa shape index (κ1) is 21.5. The zero-order chi connectivity index (χ0) is 22.8. The van der Waals surface area contributed by atoms with Gasteiger partial charge in [0.25, 0.3) is 5.91 Å². The molecule has 1 amide bonds. The van der Waals surface area contributed by atoms with Crippen LogP contribution in [0.25, 0.3) is 11.0 Å². The number of halogens is 1. The Morgan fingerprint density at radius 2 is 1.72 bits per heavy atom. The fraction of sp³-hybridized carbons (Fsp3) is 0.120. The van der Waals surface area contributed by atoms with Crippen LogP contribution in [0, 0.1) is 6.92 Å². The molecule has 32 heavy (non-hydrogen) atoms. The highest BCUT2D eigenvalue weighted by Crippen LogP contribution is 2.33. The summed E-state index contributed by atoms with van der Waals surface area (Å²) < 4.78 is 16.5. The first-order valence-corrected chi connectivity index (χ1v) is 10.2. The fourth-order valence-corrected chi connectivity index (χ4v) is 3.69. The van der Waals surface area contributed by atoms with Crippen molar-refractivity contribution in [2.75, 3.05) is 19.5 Å². The molecule has 0 spiro atoms. The standard InChI is InChI=1S/C25H20ClNO5/c1-14-18-12-15(27-25(29)17-6-4-5-7-20(17)26)8-10-22(18)32-24(14)23(28)19-13-16(30-2)9-11-21(19)31-3/h4-13H,1-3H3,(H,27,29). The Hall–Kier alpha value is -3.77. The zero-order valence-electron chi connectivity index (χ0n) is 17.7. The van der Waals surface area contributed by atoms with E-state index in [2.05, 4.69) is 5.32 Å². The molecule has 3 aromatic carbocycles. The van der Waals surface area contributed by atoms with Crippen LogP contribution >= 0.6 is 11.6 Å². The van der Waals surface area contributed by atoms with E-state index in [1.807, 2.05) is 0 Å². The lowest BCUT2D eigenvalue weighted by molar-refractivity contribution is 0.100. The number of nitrogens with one attached hydrogen (secondary N) is 1. The second-order valence-electron chi connectivity index (χ2n) is 7.10. The van der Waals surface area contributed by atoms with E-state index in [1.165, 1.54) is 14.2 Å². The average molecular weight is 450 g/mol. The number of amides is 1. The lowest BCUT2D eigenvalue weighted by atomic mass is 10.0. The number of anilines is 1. The number of methoxy groups -OCH3 is 2. The summed E-state index contributed by atoms with van der Waals surface area (Å²) in [7, 11) is 3.03. The molecule has 4 aromatic rings. The van der Waals surface area contributed by atoms with E-state index < -0.39 is 0 Å². The van der Waals surface area contributed by atoms with Crippen molar-refractivity contribution in [3.05, 3.63) is 88.1 Å². The predicted molar refractivity (Wildman–Crippen MR) is 123 cm³/mol. The summed E-state index contributed by atoms with van der Waals surface area (Å²) in [5.74, 6) is 0.501. The fourth-order valence-electron chi connectivity index (χ4n) is 3.47. The number of ether oxygens (including phenoxy) is 2. The Balaban J connectivity index is 1.69. The third kappa shape index (κ3) is 3.92. The van der Waals surface area contributed by atoms with E-state index in [9.17, 15) is 9.59 Å². The minimum Gasteiger partial charge on any atom is -0.497 e. The van der Waals surface area contributed by atoms with Crippen LogP contribution in [0.5, 0.6) is 11.5 Å². The molecular weight excluding hydrogens is 430 g/mol. The van der Waals surface area contributed by atoms with Gasteiger partial charge in [-0.1, -0.05) is 23.7 Å². The van der Waals surface area contributed by atoms with Gasteiger partial charge in [-0.2, -0.15) is 0 Å². The van der Waals surface area contributed by atoms with Crippen molar-refractivity contribution < 1.29 is 23.5 Å². The molecule has 162 valence electrons. The minimum atomic E-state index is -0.325. The van der Waals surface area contributed by atoms with Crippen molar-refractivity contribution >= 4 is 39.9 Å². The molecule has 6 nitrogen and oxygen atoms in total. The summed E-state index contributed by atoms with van der Waals surface area (Å²) in [4.78, 5) is 25.8. The number of furan rings is 1. The van der Waals surface area contributed by atoms with Crippen molar-refractivity contribution in [1.82, 2.24) is 0 Å². The first-order chi connectivity index (χ1) is 15.4. The molecule has 7 heteroatoms. The third-order valence-electron chi connectivity index (χ3n) is 5.17. The average Bonchev–Trinajstić information content (AvgIpc) is 3.14. The molecule has 1 heterocycles. The van der Waals surface area contributed by atoms with Gasteiger partial charge in [0.15, 0.2) is 5.76 Å². The molecular formula is C25H20ClNO5. The summed E-state index contributed by atoms with van der Waals surface area (Å²) >= 11 is 6.12. The van der Waals surface area contributed by atoms with Crippen molar-refractivity contribution in [2.24, 2.45) is 0 Å². The van der Waals surface area contributed by atoms with E-state index >= 15 is 0 Å². The highest BCUT2D eigenvalue weighted by molar-refractivity contribution is 6.34. The van der Waals surface area contributed by atoms with Gasteiger partial charge in [0.05, 0.1) is 30.4 Å². The van der Waals surface area contributed by atoms with Crippen molar-refractivity contribution in [2.45, 2.75) is 6.92 Å². The SMILES string of the molecule is COc1ccc(OC)c(C(=O)c2oc3ccc(NC(=O)c4ccccc4Cl)cc3c2C)c1. The molecule has 0 aliphatic rings. The zero-order valence-corrected chi connectivity index (χ0v) is 18.4. The number of hydrogen-bond acceptors (Lipinski definition) is 5. The van der Waals surface area contributed by atoms with E-state index in [4.69, 9.17) is 25.5 Å². The van der Waals surface area contributed by atoms with Gasteiger partial charge in [-0.05, 0) is 55.5 Å². The smallest absolute Gasteiger partial charge is 0.257 e. The Labute approximate surface area is 189 Å². The normalized spacial score (nSPS) is 10.8. The van der Waals surface area contributed by atoms with Crippen LogP contribution in [0.15, 0.2) is 65.1 Å². The highest BCUT2D eigenvalue weighted by Gasteiger charge is 2.23. The van der Waals surface area contributed by atoms with E-state index in [0.717, 1.165) is 0 Å². The molecule has 0 aliphatic heterocycles. The molecule has 0 saturated carbocycles. The molecule has 0 radical (unpaired) electrons. The molecule has 0 aliphatic carbocycles. The molecule has 4 rings (SSSR count). The van der Waals surface area contributed by atoms with Gasteiger partial charge in [-0.3, -0.25) is 9.59 Å². The van der Waals surface area contributed by atoms with Crippen LogP contribution in [0.2, 0.25) is 5.02 Å². The summed E-state index contributed by atoms with van der Waals surface area (Å²) in [5.41, 5.74) is 2.46. The van der Waals surface area contributed by atoms with E-state index in [-0.39, 0.29) is 17.5 Å². The van der Waals surface area contributed by atoms with Crippen LogP contribution in [-0.4, -0.2) is 25.9 Å². The second-order valence-corrected chi connectivity index (χ2v) is 7.50. The van der Waals surface area contributed by atoms with Gasteiger partial charge >= 0.3 is 0 Å². The van der Waals surface area contributed by atoms with Gasteiger partial charge in [0, 0.05) is 16.6 Å². The number of rotatable bonds is 6. The van der Waals surface area contributed by atoms with Gasteiger partial charge < -0.3 is 19.2 Å². The number of ketones is 1. The van der Waals surface area contributed by atoms with Gasteiger partial charge in [0.2, 0.25) is 5.78 Å². The van der Waals surface area contributed by atoms with E-state index in [1.54, 1.807) is 67.6 Å². The molecule has 1 N–H and O–H groups in total. The van der Waals surface area contributed by atoms with Gasteiger partial charge in [0.1, 0.15) is 17.1 Å². The molecule has 0 unspecified atom stereocenters. The summed E-state index contributed by atoms with van der Waals surface area (Å²) in [6.07, 6.45) is 0. The number of carbonyl (C=O) groups excluding carboxylic acids is 2. The second kappa shape index (κ2) is 8.77. The van der Waals surface area contributed by atoms with E-state index in [0.29, 0.717) is 49.9 Å². The molecule has 0 saturated heterocycles. The van der Waals surface area contributed by atoms with Crippen LogP contribution in [-0.2, 0) is 0 Å². The van der Waals surface area contributed by atoms with Crippen molar-refractivity contribution in [3.63, 3.8) is 0 Å². The van der Waals surface area contributed by atoms with Crippen molar-refractivity contribution in [1.29, 1.82) is 0 Å². The topological polar surface area (TPSA) is 77.8 Å². The van der Waals surface area contributed by atoms with Crippen molar-refractivity contribution in [3.8, 4) is 11.5 Å². The number of fused-ring (bicyclic) bond motifs is 1. The predicted octanol–water partition coefficient (Wildman–Crippen LogP) is 5.90. The maximum Gasteiger partial charge on any atom is 0.257 e.